The summed E-state index contributed by atoms with van der Waals surface area (Å²) in [5, 5.41) is 0. The Kier molecular flexibility index (Phi) is 2.86. The molecule has 0 aliphatic carbocycles. The van der Waals surface area contributed by atoms with Crippen LogP contribution < -0.4 is 0 Å². The Bertz CT molecular complexity index is 455. The van der Waals surface area contributed by atoms with E-state index >= 15 is 0 Å². The quantitative estimate of drug-likeness (QED) is 0.678. The third-order valence-electron chi connectivity index (χ3n) is 2.65. The molecule has 0 heterocycles. The number of hydrogen-bond acceptors (Lipinski definition) is 0. The minimum absolute atomic E-state index is 1.07. The van der Waals surface area contributed by atoms with E-state index in [-0.39, 0.29) is 0 Å². The number of aryl methyl sites for hydroxylation is 2. The lowest BCUT2D eigenvalue weighted by Gasteiger charge is -2.07. The zero-order valence-corrected chi connectivity index (χ0v) is 9.25. The molecule has 0 saturated carbocycles. The van der Waals surface area contributed by atoms with Gasteiger partial charge in [-0.15, -0.1) is 0 Å². The summed E-state index contributed by atoms with van der Waals surface area (Å²) in [6.45, 7) is 4.31. The molecule has 0 spiro atoms. The van der Waals surface area contributed by atoms with Crippen LogP contribution >= 0.6 is 0 Å². The molecule has 0 unspecified atom stereocenters. The lowest BCUT2D eigenvalue weighted by Crippen LogP contribution is -1.87. The van der Waals surface area contributed by atoms with Gasteiger partial charge in [-0.3, -0.25) is 0 Å². The van der Waals surface area contributed by atoms with Crippen LogP contribution in [0, 0.1) is 13.0 Å². The Morgan fingerprint density at radius 3 is 2.67 bits per heavy atom. The lowest BCUT2D eigenvalue weighted by atomic mass is 9.97. The van der Waals surface area contributed by atoms with E-state index in [0.717, 1.165) is 6.42 Å². The fourth-order valence-corrected chi connectivity index (χ4v) is 1.83. The van der Waals surface area contributed by atoms with E-state index in [1.807, 2.05) is 6.07 Å². The molecule has 0 aliphatic heterocycles. The highest BCUT2D eigenvalue weighted by atomic mass is 14.1. The fourth-order valence-electron chi connectivity index (χ4n) is 1.83. The predicted octanol–water partition coefficient (Wildman–Crippen LogP) is 4.02. The zero-order valence-electron chi connectivity index (χ0n) is 9.25. The van der Waals surface area contributed by atoms with Crippen molar-refractivity contribution in [2.75, 3.05) is 0 Å². The van der Waals surface area contributed by atoms with Crippen LogP contribution in [-0.2, 0) is 6.42 Å². The molecule has 15 heavy (non-hydrogen) atoms. The van der Waals surface area contributed by atoms with Crippen molar-refractivity contribution < 1.29 is 0 Å². The molecule has 0 N–H and O–H groups in total. The van der Waals surface area contributed by atoms with Gasteiger partial charge in [-0.05, 0) is 36.1 Å². The molecule has 0 nitrogen and oxygen atoms in total. The van der Waals surface area contributed by atoms with E-state index in [0.29, 0.717) is 0 Å². The standard InChI is InChI=1S/C15H15/c1-3-13-8-4-5-10-15(13)14-9-6-7-12(2)11-14/h4-8,10-11H,3H2,1-2H3. The Hall–Kier alpha value is -1.56. The van der Waals surface area contributed by atoms with E-state index in [9.17, 15) is 0 Å². The van der Waals surface area contributed by atoms with E-state index in [1.165, 1.54) is 22.3 Å². The molecule has 75 valence electrons. The van der Waals surface area contributed by atoms with Crippen LogP contribution in [0.2, 0.25) is 0 Å². The average Bonchev–Trinajstić information content (AvgIpc) is 2.29. The molecule has 0 saturated heterocycles. The van der Waals surface area contributed by atoms with Gasteiger partial charge in [0.15, 0.2) is 0 Å². The van der Waals surface area contributed by atoms with Crippen molar-refractivity contribution in [2.45, 2.75) is 20.3 Å². The van der Waals surface area contributed by atoms with Crippen LogP contribution in [0.3, 0.4) is 0 Å². The van der Waals surface area contributed by atoms with Crippen LogP contribution in [0.25, 0.3) is 11.1 Å². The van der Waals surface area contributed by atoms with Gasteiger partial charge < -0.3 is 0 Å². The summed E-state index contributed by atoms with van der Waals surface area (Å²) >= 11 is 0. The van der Waals surface area contributed by atoms with Crippen LogP contribution in [0.5, 0.6) is 0 Å². The highest BCUT2D eigenvalue weighted by Gasteiger charge is 2.02. The van der Waals surface area contributed by atoms with E-state index in [1.54, 1.807) is 0 Å². The monoisotopic (exact) mass is 195 g/mol. The van der Waals surface area contributed by atoms with Crippen LogP contribution in [0.15, 0.2) is 42.5 Å². The van der Waals surface area contributed by atoms with Crippen LogP contribution in [0.1, 0.15) is 18.1 Å². The molecule has 0 fully saturated rings. The summed E-state index contributed by atoms with van der Waals surface area (Å²) in [4.78, 5) is 0. The van der Waals surface area contributed by atoms with E-state index < -0.39 is 0 Å². The summed E-state index contributed by atoms with van der Waals surface area (Å²) in [6.07, 6.45) is 1.07. The van der Waals surface area contributed by atoms with E-state index in [2.05, 4.69) is 56.3 Å². The summed E-state index contributed by atoms with van der Waals surface area (Å²) in [6, 6.07) is 18.1. The van der Waals surface area contributed by atoms with Gasteiger partial charge in [-0.2, -0.15) is 0 Å². The van der Waals surface area contributed by atoms with Gasteiger partial charge >= 0.3 is 0 Å². The largest absolute Gasteiger partial charge is 0.0620 e. The first kappa shape index (κ1) is 9.97. The Morgan fingerprint density at radius 2 is 1.93 bits per heavy atom. The molecule has 0 aromatic heterocycles. The summed E-state index contributed by atoms with van der Waals surface area (Å²) in [7, 11) is 0. The molecule has 0 amide bonds. The van der Waals surface area contributed by atoms with Gasteiger partial charge in [0.25, 0.3) is 0 Å². The van der Waals surface area contributed by atoms with Crippen LogP contribution in [0.4, 0.5) is 0 Å². The third kappa shape index (κ3) is 2.10. The van der Waals surface area contributed by atoms with Crippen molar-refractivity contribution in [1.82, 2.24) is 0 Å². The third-order valence-corrected chi connectivity index (χ3v) is 2.65. The van der Waals surface area contributed by atoms with Gasteiger partial charge in [0.1, 0.15) is 0 Å². The summed E-state index contributed by atoms with van der Waals surface area (Å²) in [5.41, 5.74) is 5.19. The molecular formula is C15H15. The maximum absolute atomic E-state index is 3.30. The first-order chi connectivity index (χ1) is 7.31. The average molecular weight is 195 g/mol. The molecule has 0 aliphatic rings. The van der Waals surface area contributed by atoms with Gasteiger partial charge in [0.2, 0.25) is 0 Å². The fraction of sp³-hybridized carbons (Fsp3) is 0.200. The number of benzene rings is 2. The minimum Gasteiger partial charge on any atom is -0.0620 e. The highest BCUT2D eigenvalue weighted by molar-refractivity contribution is 5.67. The maximum atomic E-state index is 3.30. The van der Waals surface area contributed by atoms with Gasteiger partial charge in [0, 0.05) is 0 Å². The molecule has 2 aromatic carbocycles. The second-order valence-corrected chi connectivity index (χ2v) is 3.79. The van der Waals surface area contributed by atoms with Crippen LogP contribution in [-0.4, -0.2) is 0 Å². The second-order valence-electron chi connectivity index (χ2n) is 3.79. The topological polar surface area (TPSA) is 0 Å². The minimum atomic E-state index is 1.07. The van der Waals surface area contributed by atoms with Gasteiger partial charge in [-0.25, -0.2) is 0 Å². The number of rotatable bonds is 2. The van der Waals surface area contributed by atoms with Gasteiger partial charge in [-0.1, -0.05) is 55.0 Å². The second kappa shape index (κ2) is 4.31. The molecule has 2 aromatic rings. The van der Waals surface area contributed by atoms with Crippen molar-refractivity contribution in [3.63, 3.8) is 0 Å². The van der Waals surface area contributed by atoms with Crippen molar-refractivity contribution >= 4 is 0 Å². The molecule has 0 atom stereocenters. The van der Waals surface area contributed by atoms with Crippen molar-refractivity contribution in [2.24, 2.45) is 0 Å². The summed E-state index contributed by atoms with van der Waals surface area (Å²) in [5.74, 6) is 0. The first-order valence-corrected chi connectivity index (χ1v) is 5.38. The molecule has 0 bridgehead atoms. The molecule has 1 radical (unpaired) electrons. The summed E-state index contributed by atoms with van der Waals surface area (Å²) < 4.78 is 0. The predicted molar refractivity (Wildman–Crippen MR) is 64.8 cm³/mol. The Balaban J connectivity index is 2.53. The smallest absolute Gasteiger partial charge is 0.00989 e. The Labute approximate surface area is 91.6 Å². The lowest BCUT2D eigenvalue weighted by molar-refractivity contribution is 1.14. The highest BCUT2D eigenvalue weighted by Crippen LogP contribution is 2.24. The normalized spacial score (nSPS) is 10.3. The first-order valence-electron chi connectivity index (χ1n) is 5.38. The van der Waals surface area contributed by atoms with Crippen molar-refractivity contribution in [3.8, 4) is 11.1 Å². The number of hydrogen-bond donors (Lipinski definition) is 0. The van der Waals surface area contributed by atoms with Gasteiger partial charge in [0.05, 0.1) is 0 Å². The Morgan fingerprint density at radius 1 is 1.13 bits per heavy atom. The zero-order chi connectivity index (χ0) is 10.7. The van der Waals surface area contributed by atoms with Crippen molar-refractivity contribution in [1.29, 1.82) is 0 Å². The van der Waals surface area contributed by atoms with E-state index in [4.69, 9.17) is 0 Å². The molecular weight excluding hydrogens is 180 g/mol. The maximum Gasteiger partial charge on any atom is -0.00989 e. The molecule has 2 rings (SSSR count). The SMILES string of the molecule is CCc1ccccc1-c1[c]ccc(C)c1. The molecule has 0 heteroatoms. The van der Waals surface area contributed by atoms with Crippen molar-refractivity contribution in [3.05, 3.63) is 59.7 Å².